The fraction of sp³-hybridized carbons (Fsp3) is 0.321. The van der Waals surface area contributed by atoms with Crippen LogP contribution >= 0.6 is 0 Å². The molecule has 12 nitrogen and oxygen atoms in total. The van der Waals surface area contributed by atoms with Crippen molar-refractivity contribution in [2.75, 3.05) is 33.5 Å². The first-order valence-electron chi connectivity index (χ1n) is 12.4. The van der Waals surface area contributed by atoms with E-state index in [1.54, 1.807) is 44.2 Å². The van der Waals surface area contributed by atoms with Crippen molar-refractivity contribution in [1.82, 2.24) is 4.90 Å². The summed E-state index contributed by atoms with van der Waals surface area (Å²) in [6.45, 7) is 3.11. The van der Waals surface area contributed by atoms with Crippen molar-refractivity contribution in [2.24, 2.45) is 10.9 Å². The molecule has 2 aliphatic heterocycles. The number of methoxy groups -OCH3 is 1. The van der Waals surface area contributed by atoms with Gasteiger partial charge >= 0.3 is 11.9 Å². The molecule has 208 valence electrons. The zero-order valence-electron chi connectivity index (χ0n) is 22.1. The number of nitrogens with zero attached hydrogens (tertiary/aromatic N) is 3. The molecule has 2 atom stereocenters. The predicted octanol–water partition coefficient (Wildman–Crippen LogP) is 3.07. The van der Waals surface area contributed by atoms with Crippen LogP contribution in [0.1, 0.15) is 46.0 Å². The molecule has 2 amide bonds. The molecule has 40 heavy (non-hydrogen) atoms. The van der Waals surface area contributed by atoms with Gasteiger partial charge in [-0.05, 0) is 31.5 Å². The number of nitro benzene ring substituents is 1. The highest BCUT2D eigenvalue weighted by molar-refractivity contribution is 6.21. The Kier molecular flexibility index (Phi) is 8.49. The molecule has 2 heterocycles. The summed E-state index contributed by atoms with van der Waals surface area (Å²) in [4.78, 5) is 67.1. The molecule has 2 aromatic carbocycles. The number of esters is 2. The summed E-state index contributed by atoms with van der Waals surface area (Å²) in [5, 5.41) is 11.4. The third kappa shape index (κ3) is 5.52. The molecule has 0 aliphatic carbocycles. The fourth-order valence-corrected chi connectivity index (χ4v) is 4.90. The van der Waals surface area contributed by atoms with Crippen molar-refractivity contribution in [1.29, 1.82) is 0 Å². The Balaban J connectivity index is 1.41. The number of rotatable bonds is 10. The minimum absolute atomic E-state index is 0.0224. The van der Waals surface area contributed by atoms with Crippen molar-refractivity contribution in [3.8, 4) is 0 Å². The molecule has 0 saturated heterocycles. The van der Waals surface area contributed by atoms with E-state index in [9.17, 15) is 29.3 Å². The second kappa shape index (κ2) is 12.0. The summed E-state index contributed by atoms with van der Waals surface area (Å²) < 4.78 is 15.9. The summed E-state index contributed by atoms with van der Waals surface area (Å²) in [6.07, 6.45) is 0. The maximum Gasteiger partial charge on any atom is 0.336 e. The zero-order chi connectivity index (χ0) is 29.0. The zero-order valence-corrected chi connectivity index (χ0v) is 22.1. The fourth-order valence-electron chi connectivity index (χ4n) is 4.90. The molecular weight excluding hydrogens is 522 g/mol. The van der Waals surface area contributed by atoms with Gasteiger partial charge in [-0.1, -0.05) is 24.3 Å². The second-order valence-corrected chi connectivity index (χ2v) is 9.14. The number of imide groups is 1. The number of benzene rings is 2. The summed E-state index contributed by atoms with van der Waals surface area (Å²) in [5.74, 6) is -4.10. The van der Waals surface area contributed by atoms with Crippen LogP contribution in [0, 0.1) is 16.0 Å². The summed E-state index contributed by atoms with van der Waals surface area (Å²) in [6, 6.07) is 12.2. The topological polar surface area (TPSA) is 155 Å². The summed E-state index contributed by atoms with van der Waals surface area (Å²) in [7, 11) is 1.21. The molecule has 0 fully saturated rings. The lowest BCUT2D eigenvalue weighted by molar-refractivity contribution is -0.384. The number of aliphatic imine (C=N–C) groups is 1. The summed E-state index contributed by atoms with van der Waals surface area (Å²) in [5.41, 5.74) is 1.64. The first kappa shape index (κ1) is 28.3. The van der Waals surface area contributed by atoms with Crippen LogP contribution in [0.4, 0.5) is 5.69 Å². The number of carbonyl (C=O) groups excluding carboxylic acids is 4. The number of nitro groups is 1. The average Bonchev–Trinajstić information content (AvgIpc) is 3.18. The van der Waals surface area contributed by atoms with Gasteiger partial charge in [0.05, 0.1) is 48.5 Å². The number of hydrogen-bond acceptors (Lipinski definition) is 10. The number of allylic oxidation sites excluding steroid dienone is 1. The first-order chi connectivity index (χ1) is 19.1. The van der Waals surface area contributed by atoms with E-state index in [0.29, 0.717) is 28.1 Å². The third-order valence-electron chi connectivity index (χ3n) is 6.74. The van der Waals surface area contributed by atoms with Gasteiger partial charge in [0, 0.05) is 29.5 Å². The Morgan fingerprint density at radius 2 is 1.68 bits per heavy atom. The number of hydrogen-bond donors (Lipinski definition) is 0. The second-order valence-electron chi connectivity index (χ2n) is 9.14. The standard InChI is InChI=1S/C28H27N3O9/c1-16-22(27(34)38-3)24(18-7-6-8-19(15-18)31(36)37)23(17(2)29-16)28(35)40-14-13-39-12-11-30-25(32)20-9-4-5-10-21(20)26(30)33/h4-10,15,22,24H,11-14H2,1-3H3. The molecule has 0 spiro atoms. The van der Waals surface area contributed by atoms with E-state index in [1.807, 2.05) is 0 Å². The van der Waals surface area contributed by atoms with Crippen molar-refractivity contribution in [3.05, 3.63) is 86.6 Å². The van der Waals surface area contributed by atoms with Crippen LogP contribution in [0.25, 0.3) is 0 Å². The molecule has 2 unspecified atom stereocenters. The van der Waals surface area contributed by atoms with Crippen LogP contribution in [-0.2, 0) is 23.8 Å². The van der Waals surface area contributed by atoms with E-state index in [2.05, 4.69) is 4.99 Å². The van der Waals surface area contributed by atoms with Gasteiger partial charge in [-0.15, -0.1) is 0 Å². The van der Waals surface area contributed by atoms with Crippen LogP contribution in [0.2, 0.25) is 0 Å². The molecule has 0 N–H and O–H groups in total. The molecule has 0 saturated carbocycles. The van der Waals surface area contributed by atoms with Gasteiger partial charge in [-0.3, -0.25) is 34.4 Å². The Labute approximate surface area is 229 Å². The lowest BCUT2D eigenvalue weighted by Gasteiger charge is -2.31. The summed E-state index contributed by atoms with van der Waals surface area (Å²) >= 11 is 0. The maximum absolute atomic E-state index is 13.2. The minimum Gasteiger partial charge on any atom is -0.468 e. The Morgan fingerprint density at radius 3 is 2.30 bits per heavy atom. The van der Waals surface area contributed by atoms with E-state index >= 15 is 0 Å². The van der Waals surface area contributed by atoms with Gasteiger partial charge in [0.1, 0.15) is 12.5 Å². The SMILES string of the molecule is COC(=O)C1C(C)=NC(C)=C(C(=O)OCCOCCN2C(=O)c3ccccc3C2=O)C1c1cccc([N+](=O)[O-])c1. The van der Waals surface area contributed by atoms with Gasteiger partial charge in [-0.25, -0.2) is 4.79 Å². The van der Waals surface area contributed by atoms with E-state index in [1.165, 1.54) is 25.3 Å². The number of fused-ring (bicyclic) bond motifs is 1. The maximum atomic E-state index is 13.2. The van der Waals surface area contributed by atoms with Crippen LogP contribution in [-0.4, -0.2) is 72.8 Å². The van der Waals surface area contributed by atoms with Gasteiger partial charge in [0.15, 0.2) is 0 Å². The van der Waals surface area contributed by atoms with Crippen molar-refractivity contribution in [2.45, 2.75) is 19.8 Å². The average molecular weight is 550 g/mol. The minimum atomic E-state index is -0.992. The normalized spacial score (nSPS) is 18.4. The molecule has 4 rings (SSSR count). The molecule has 12 heteroatoms. The Hall–Kier alpha value is -4.71. The predicted molar refractivity (Wildman–Crippen MR) is 141 cm³/mol. The van der Waals surface area contributed by atoms with Crippen LogP contribution < -0.4 is 0 Å². The highest BCUT2D eigenvalue weighted by Gasteiger charge is 2.42. The largest absolute Gasteiger partial charge is 0.468 e. The van der Waals surface area contributed by atoms with E-state index < -0.39 is 40.5 Å². The van der Waals surface area contributed by atoms with Gasteiger partial charge in [0.2, 0.25) is 0 Å². The van der Waals surface area contributed by atoms with Gasteiger partial charge in [-0.2, -0.15) is 0 Å². The van der Waals surface area contributed by atoms with E-state index in [0.717, 1.165) is 4.90 Å². The number of non-ortho nitro benzene ring substituents is 1. The molecule has 0 bridgehead atoms. The Morgan fingerprint density at radius 1 is 1.00 bits per heavy atom. The third-order valence-corrected chi connectivity index (χ3v) is 6.74. The van der Waals surface area contributed by atoms with Crippen molar-refractivity contribution < 1.29 is 38.3 Å². The molecule has 2 aliphatic rings. The highest BCUT2D eigenvalue weighted by Crippen LogP contribution is 2.40. The van der Waals surface area contributed by atoms with E-state index in [-0.39, 0.29) is 37.6 Å². The van der Waals surface area contributed by atoms with Crippen LogP contribution in [0.5, 0.6) is 0 Å². The highest BCUT2D eigenvalue weighted by atomic mass is 16.6. The van der Waals surface area contributed by atoms with Crippen LogP contribution in [0.15, 0.2) is 64.8 Å². The molecule has 0 aromatic heterocycles. The Bertz CT molecular complexity index is 1410. The quantitative estimate of drug-likeness (QED) is 0.143. The molecule has 2 aromatic rings. The number of amides is 2. The van der Waals surface area contributed by atoms with Crippen LogP contribution in [0.3, 0.4) is 0 Å². The van der Waals surface area contributed by atoms with Crippen molar-refractivity contribution >= 4 is 35.2 Å². The van der Waals surface area contributed by atoms with E-state index in [4.69, 9.17) is 14.2 Å². The smallest absolute Gasteiger partial charge is 0.336 e. The molecular formula is C28H27N3O9. The lowest BCUT2D eigenvalue weighted by Crippen LogP contribution is -2.36. The first-order valence-corrected chi connectivity index (χ1v) is 12.4. The number of carbonyl (C=O) groups is 4. The lowest BCUT2D eigenvalue weighted by atomic mass is 9.75. The van der Waals surface area contributed by atoms with Gasteiger partial charge < -0.3 is 14.2 Å². The van der Waals surface area contributed by atoms with Gasteiger partial charge in [0.25, 0.3) is 17.5 Å². The molecule has 0 radical (unpaired) electrons. The van der Waals surface area contributed by atoms with Crippen molar-refractivity contribution in [3.63, 3.8) is 0 Å². The number of ether oxygens (including phenoxy) is 3. The monoisotopic (exact) mass is 549 g/mol.